The van der Waals surface area contributed by atoms with Gasteiger partial charge in [0.05, 0.1) is 17.5 Å². The lowest BCUT2D eigenvalue weighted by molar-refractivity contribution is -0.140. The second kappa shape index (κ2) is 5.10. The summed E-state index contributed by atoms with van der Waals surface area (Å²) in [6.07, 6.45) is 0. The fourth-order valence-electron chi connectivity index (χ4n) is 1.73. The minimum Gasteiger partial charge on any atom is -0.480 e. The van der Waals surface area contributed by atoms with Gasteiger partial charge in [-0.25, -0.2) is 4.79 Å². The molecule has 2 rings (SSSR count). The van der Waals surface area contributed by atoms with Crippen molar-refractivity contribution < 1.29 is 14.7 Å². The Hall–Kier alpha value is -2.00. The van der Waals surface area contributed by atoms with E-state index in [0.29, 0.717) is 22.8 Å². The first-order chi connectivity index (χ1) is 8.63. The monoisotopic (exact) mass is 262 g/mol. The molecule has 1 aromatic carbocycles. The number of nitrogens with zero attached hydrogens (tertiary/aromatic N) is 2. The second-order valence-electron chi connectivity index (χ2n) is 3.82. The predicted molar refractivity (Wildman–Crippen MR) is 66.1 cm³/mol. The van der Waals surface area contributed by atoms with Gasteiger partial charge in [-0.1, -0.05) is 6.07 Å². The maximum absolute atomic E-state index is 12.2. The van der Waals surface area contributed by atoms with Crippen molar-refractivity contribution in [3.8, 4) is 6.07 Å². The molecule has 1 heterocycles. The molecule has 1 aliphatic heterocycles. The van der Waals surface area contributed by atoms with Gasteiger partial charge in [0.2, 0.25) is 0 Å². The first-order valence-corrected chi connectivity index (χ1v) is 6.40. The third kappa shape index (κ3) is 2.31. The number of benzene rings is 1. The van der Waals surface area contributed by atoms with Crippen molar-refractivity contribution in [3.63, 3.8) is 0 Å². The molecule has 1 aromatic rings. The van der Waals surface area contributed by atoms with Crippen LogP contribution in [-0.4, -0.2) is 39.6 Å². The number of carbonyl (C=O) groups is 2. The van der Waals surface area contributed by atoms with Crippen LogP contribution < -0.4 is 0 Å². The molecule has 1 saturated heterocycles. The number of hydrogen-bond donors (Lipinski definition) is 1. The lowest BCUT2D eigenvalue weighted by Crippen LogP contribution is -2.41. The van der Waals surface area contributed by atoms with Crippen LogP contribution in [0.1, 0.15) is 15.9 Å². The summed E-state index contributed by atoms with van der Waals surface area (Å²) in [6, 6.07) is 7.45. The Morgan fingerprint density at radius 3 is 2.94 bits per heavy atom. The molecular weight excluding hydrogens is 252 g/mol. The lowest BCUT2D eigenvalue weighted by Gasteiger charge is -2.20. The van der Waals surface area contributed by atoms with Crippen molar-refractivity contribution in [2.24, 2.45) is 0 Å². The molecule has 1 fully saturated rings. The van der Waals surface area contributed by atoms with Crippen LogP contribution in [0.2, 0.25) is 0 Å². The maximum Gasteiger partial charge on any atom is 0.327 e. The van der Waals surface area contributed by atoms with E-state index in [1.807, 2.05) is 6.07 Å². The molecule has 0 aliphatic carbocycles. The quantitative estimate of drug-likeness (QED) is 0.864. The standard InChI is InChI=1S/C12H10N2O3S/c13-5-8-2-1-3-9(4-8)11(15)14-7-18-6-10(14)12(16)17/h1-4,10H,6-7H2,(H,16,17)/t10-/m0/s1. The average Bonchev–Trinajstić information content (AvgIpc) is 2.87. The molecule has 1 N–H and O–H groups in total. The van der Waals surface area contributed by atoms with Gasteiger partial charge in [0.25, 0.3) is 5.91 Å². The van der Waals surface area contributed by atoms with Crippen LogP contribution in [0.4, 0.5) is 0 Å². The van der Waals surface area contributed by atoms with E-state index in [-0.39, 0.29) is 5.91 Å². The summed E-state index contributed by atoms with van der Waals surface area (Å²) in [6.45, 7) is 0. The van der Waals surface area contributed by atoms with Crippen molar-refractivity contribution in [1.82, 2.24) is 4.90 Å². The Bertz CT molecular complexity index is 538. The molecule has 0 radical (unpaired) electrons. The summed E-state index contributed by atoms with van der Waals surface area (Å²) >= 11 is 1.41. The van der Waals surface area contributed by atoms with Gasteiger partial charge >= 0.3 is 5.97 Å². The number of carboxylic acids is 1. The van der Waals surface area contributed by atoms with Gasteiger partial charge in [-0.3, -0.25) is 4.79 Å². The van der Waals surface area contributed by atoms with Gasteiger partial charge in [0, 0.05) is 11.3 Å². The Kier molecular flexibility index (Phi) is 3.53. The molecule has 1 amide bonds. The Labute approximate surface area is 108 Å². The van der Waals surface area contributed by atoms with E-state index in [1.165, 1.54) is 22.7 Å². The van der Waals surface area contributed by atoms with Crippen LogP contribution in [-0.2, 0) is 4.79 Å². The van der Waals surface area contributed by atoms with Gasteiger partial charge in [0.1, 0.15) is 6.04 Å². The highest BCUT2D eigenvalue weighted by Crippen LogP contribution is 2.23. The highest BCUT2D eigenvalue weighted by atomic mass is 32.2. The molecule has 0 spiro atoms. The van der Waals surface area contributed by atoms with E-state index in [9.17, 15) is 9.59 Å². The van der Waals surface area contributed by atoms with Crippen LogP contribution >= 0.6 is 11.8 Å². The first-order valence-electron chi connectivity index (χ1n) is 5.25. The molecule has 0 saturated carbocycles. The topological polar surface area (TPSA) is 81.4 Å². The SMILES string of the molecule is N#Cc1cccc(C(=O)N2CSC[C@H]2C(=O)O)c1. The van der Waals surface area contributed by atoms with Gasteiger partial charge in [-0.05, 0) is 18.2 Å². The van der Waals surface area contributed by atoms with E-state index < -0.39 is 12.0 Å². The minimum atomic E-state index is -0.996. The third-order valence-electron chi connectivity index (χ3n) is 2.67. The molecular formula is C12H10N2O3S. The Balaban J connectivity index is 2.25. The van der Waals surface area contributed by atoms with Crippen LogP contribution in [0.15, 0.2) is 24.3 Å². The number of nitriles is 1. The minimum absolute atomic E-state index is 0.343. The van der Waals surface area contributed by atoms with E-state index >= 15 is 0 Å². The van der Waals surface area contributed by atoms with Crippen LogP contribution in [0.3, 0.4) is 0 Å². The Morgan fingerprint density at radius 2 is 2.28 bits per heavy atom. The van der Waals surface area contributed by atoms with Crippen LogP contribution in [0.25, 0.3) is 0 Å². The van der Waals surface area contributed by atoms with Crippen molar-refractivity contribution in [1.29, 1.82) is 5.26 Å². The van der Waals surface area contributed by atoms with Gasteiger partial charge in [-0.2, -0.15) is 5.26 Å². The second-order valence-corrected chi connectivity index (χ2v) is 4.82. The molecule has 0 unspecified atom stereocenters. The number of carbonyl (C=O) groups excluding carboxylic acids is 1. The molecule has 92 valence electrons. The first kappa shape index (κ1) is 12.5. The predicted octanol–water partition coefficient (Wildman–Crippen LogP) is 1.16. The zero-order valence-corrected chi connectivity index (χ0v) is 10.2. The zero-order chi connectivity index (χ0) is 13.1. The average molecular weight is 262 g/mol. The number of hydrogen-bond acceptors (Lipinski definition) is 4. The van der Waals surface area contributed by atoms with Crippen LogP contribution in [0.5, 0.6) is 0 Å². The molecule has 6 heteroatoms. The summed E-state index contributed by atoms with van der Waals surface area (Å²) in [5, 5.41) is 17.8. The normalized spacial score (nSPS) is 18.4. The molecule has 5 nitrogen and oxygen atoms in total. The third-order valence-corrected chi connectivity index (χ3v) is 3.68. The summed E-state index contributed by atoms with van der Waals surface area (Å²) in [5.74, 6) is -0.569. The van der Waals surface area contributed by atoms with E-state index in [1.54, 1.807) is 18.2 Å². The highest BCUT2D eigenvalue weighted by molar-refractivity contribution is 7.99. The fourth-order valence-corrected chi connectivity index (χ4v) is 2.88. The van der Waals surface area contributed by atoms with Gasteiger partial charge in [-0.15, -0.1) is 11.8 Å². The molecule has 1 aliphatic rings. The van der Waals surface area contributed by atoms with Crippen molar-refractivity contribution in [2.75, 3.05) is 11.6 Å². The van der Waals surface area contributed by atoms with Gasteiger partial charge < -0.3 is 10.0 Å². The van der Waals surface area contributed by atoms with Crippen molar-refractivity contribution in [3.05, 3.63) is 35.4 Å². The van der Waals surface area contributed by atoms with Crippen molar-refractivity contribution >= 4 is 23.6 Å². The zero-order valence-electron chi connectivity index (χ0n) is 9.37. The summed E-state index contributed by atoms with van der Waals surface area (Å²) in [7, 11) is 0. The molecule has 18 heavy (non-hydrogen) atoms. The lowest BCUT2D eigenvalue weighted by atomic mass is 10.1. The van der Waals surface area contributed by atoms with E-state index in [4.69, 9.17) is 10.4 Å². The molecule has 0 aromatic heterocycles. The van der Waals surface area contributed by atoms with Crippen molar-refractivity contribution in [2.45, 2.75) is 6.04 Å². The highest BCUT2D eigenvalue weighted by Gasteiger charge is 2.34. The van der Waals surface area contributed by atoms with Crippen LogP contribution in [0, 0.1) is 11.3 Å². The molecule has 0 bridgehead atoms. The number of aliphatic carboxylic acids is 1. The number of amides is 1. The number of thioether (sulfide) groups is 1. The number of rotatable bonds is 2. The van der Waals surface area contributed by atoms with E-state index in [0.717, 1.165) is 0 Å². The smallest absolute Gasteiger partial charge is 0.327 e. The Morgan fingerprint density at radius 1 is 1.50 bits per heavy atom. The molecule has 1 atom stereocenters. The summed E-state index contributed by atoms with van der Waals surface area (Å²) < 4.78 is 0. The van der Waals surface area contributed by atoms with E-state index in [2.05, 4.69) is 0 Å². The maximum atomic E-state index is 12.2. The summed E-state index contributed by atoms with van der Waals surface area (Å²) in [4.78, 5) is 24.5. The summed E-state index contributed by atoms with van der Waals surface area (Å²) in [5.41, 5.74) is 0.738. The van der Waals surface area contributed by atoms with Gasteiger partial charge in [0.15, 0.2) is 0 Å². The number of carboxylic acid groups (broad SMARTS) is 1. The fraction of sp³-hybridized carbons (Fsp3) is 0.250. The largest absolute Gasteiger partial charge is 0.480 e.